The van der Waals surface area contributed by atoms with Crippen LogP contribution in [-0.4, -0.2) is 90.3 Å². The van der Waals surface area contributed by atoms with Crippen LogP contribution >= 0.6 is 0 Å². The Morgan fingerprint density at radius 3 is 2.00 bits per heavy atom. The summed E-state index contributed by atoms with van der Waals surface area (Å²) >= 11 is 0. The molecular formula is C38H44N2O6. The second-order valence-corrected chi connectivity index (χ2v) is 16.3. The zero-order valence-corrected chi connectivity index (χ0v) is 27.4. The van der Waals surface area contributed by atoms with Crippen LogP contribution in [0.2, 0.25) is 0 Å². The Morgan fingerprint density at radius 1 is 0.761 bits per heavy atom. The highest BCUT2D eigenvalue weighted by Gasteiger charge is 2.78. The van der Waals surface area contributed by atoms with Crippen molar-refractivity contribution < 1.29 is 28.5 Å². The summed E-state index contributed by atoms with van der Waals surface area (Å²) < 4.78 is 32.3. The molecule has 2 aromatic carbocycles. The number of aryl methyl sites for hydroxylation is 2. The van der Waals surface area contributed by atoms with Gasteiger partial charge in [-0.3, -0.25) is 14.6 Å². The predicted octanol–water partition coefficient (Wildman–Crippen LogP) is 4.26. The fourth-order valence-corrected chi connectivity index (χ4v) is 13.0. The number of nitrogens with zero attached hydrogens (tertiary/aromatic N) is 2. The van der Waals surface area contributed by atoms with E-state index in [9.17, 15) is 4.79 Å². The third-order valence-corrected chi connectivity index (χ3v) is 15.0. The van der Waals surface area contributed by atoms with Gasteiger partial charge in [-0.2, -0.15) is 0 Å². The summed E-state index contributed by atoms with van der Waals surface area (Å²) in [5, 5.41) is 0. The van der Waals surface area contributed by atoms with Crippen LogP contribution in [0.15, 0.2) is 24.3 Å². The summed E-state index contributed by atoms with van der Waals surface area (Å²) in [6.07, 6.45) is 7.52. The lowest BCUT2D eigenvalue weighted by Crippen LogP contribution is -2.76. The van der Waals surface area contributed by atoms with Crippen LogP contribution in [0.3, 0.4) is 0 Å². The molecule has 6 fully saturated rings. The van der Waals surface area contributed by atoms with Crippen molar-refractivity contribution in [3.05, 3.63) is 57.6 Å². The Morgan fingerprint density at radius 2 is 1.35 bits per heavy atom. The van der Waals surface area contributed by atoms with Gasteiger partial charge in [-0.1, -0.05) is 24.3 Å². The lowest BCUT2D eigenvalue weighted by molar-refractivity contribution is -0.208. The second-order valence-electron chi connectivity index (χ2n) is 16.3. The van der Waals surface area contributed by atoms with Gasteiger partial charge >= 0.3 is 0 Å². The maximum Gasteiger partial charge on any atom is 0.174 e. The molecule has 10 aliphatic rings. The first-order chi connectivity index (χ1) is 22.2. The van der Waals surface area contributed by atoms with E-state index in [0.717, 1.165) is 88.6 Å². The summed E-state index contributed by atoms with van der Waals surface area (Å²) in [6, 6.07) is 9.90. The van der Waals surface area contributed by atoms with Crippen molar-refractivity contribution in [2.24, 2.45) is 0 Å². The minimum Gasteiger partial charge on any atom is -0.486 e. The van der Waals surface area contributed by atoms with Gasteiger partial charge in [-0.05, 0) is 88.0 Å². The molecule has 12 rings (SSSR count). The van der Waals surface area contributed by atoms with Gasteiger partial charge in [0.1, 0.15) is 42.3 Å². The average Bonchev–Trinajstić information content (AvgIpc) is 3.74. The van der Waals surface area contributed by atoms with Crippen molar-refractivity contribution in [2.45, 2.75) is 124 Å². The maximum atomic E-state index is 12.7. The zero-order chi connectivity index (χ0) is 31.0. The molecule has 11 atom stereocenters. The number of Topliss-reactive ketones (excluding diaryl/α,β-unsaturated/α-hetero) is 1. The molecule has 2 aromatic rings. The van der Waals surface area contributed by atoms with Crippen molar-refractivity contribution in [1.29, 1.82) is 0 Å². The summed E-state index contributed by atoms with van der Waals surface area (Å²) in [7, 11) is 1.85. The lowest BCUT2D eigenvalue weighted by Gasteiger charge is -2.63. The highest BCUT2D eigenvalue weighted by atomic mass is 16.6. The van der Waals surface area contributed by atoms with Gasteiger partial charge in [0.05, 0.1) is 16.4 Å². The number of ether oxygens (including phenoxy) is 5. The minimum absolute atomic E-state index is 0.0391. The van der Waals surface area contributed by atoms with Gasteiger partial charge in [0, 0.05) is 49.8 Å². The molecule has 4 aliphatic carbocycles. The number of methoxy groups -OCH3 is 1. The predicted molar refractivity (Wildman–Crippen MR) is 168 cm³/mol. The summed E-state index contributed by atoms with van der Waals surface area (Å²) in [6.45, 7) is 10.1. The van der Waals surface area contributed by atoms with E-state index in [1.54, 1.807) is 0 Å². The fraction of sp³-hybridized carbons (Fsp3) is 0.658. The number of rotatable bonds is 1. The van der Waals surface area contributed by atoms with Gasteiger partial charge < -0.3 is 23.7 Å². The largest absolute Gasteiger partial charge is 0.486 e. The monoisotopic (exact) mass is 624 g/mol. The van der Waals surface area contributed by atoms with E-state index in [0.29, 0.717) is 18.5 Å². The van der Waals surface area contributed by atoms with Crippen molar-refractivity contribution in [1.82, 2.24) is 9.80 Å². The molecular weight excluding hydrogens is 580 g/mol. The molecule has 6 aliphatic heterocycles. The van der Waals surface area contributed by atoms with Gasteiger partial charge in [0.2, 0.25) is 0 Å². The summed E-state index contributed by atoms with van der Waals surface area (Å²) in [5.41, 5.74) is 7.27. The smallest absolute Gasteiger partial charge is 0.174 e. The van der Waals surface area contributed by atoms with Gasteiger partial charge in [0.15, 0.2) is 11.9 Å². The Bertz CT molecular complexity index is 1760. The van der Waals surface area contributed by atoms with Gasteiger partial charge in [-0.25, -0.2) is 0 Å². The summed E-state index contributed by atoms with van der Waals surface area (Å²) in [5.74, 6) is 2.39. The quantitative estimate of drug-likeness (QED) is 0.467. The molecule has 4 saturated heterocycles. The van der Waals surface area contributed by atoms with Crippen molar-refractivity contribution >= 4 is 5.78 Å². The van der Waals surface area contributed by atoms with E-state index < -0.39 is 0 Å². The highest BCUT2D eigenvalue weighted by Crippen LogP contribution is 2.70. The number of ketones is 1. The van der Waals surface area contributed by atoms with Crippen LogP contribution in [0.1, 0.15) is 78.8 Å². The maximum absolute atomic E-state index is 12.7. The van der Waals surface area contributed by atoms with E-state index in [-0.39, 0.29) is 45.6 Å². The number of benzene rings is 2. The number of hydrogen-bond donors (Lipinski definition) is 0. The Hall–Kier alpha value is -2.49. The Kier molecular flexibility index (Phi) is 5.00. The zero-order valence-electron chi connectivity index (χ0n) is 27.4. The van der Waals surface area contributed by atoms with Crippen molar-refractivity contribution in [3.63, 3.8) is 0 Å². The first-order valence-corrected chi connectivity index (χ1v) is 17.7. The number of carbonyl (C=O) groups is 1. The number of carbonyl (C=O) groups excluding carboxylic acids is 1. The molecule has 0 amide bonds. The lowest BCUT2D eigenvalue weighted by atomic mass is 9.47. The van der Waals surface area contributed by atoms with Crippen LogP contribution in [0.5, 0.6) is 11.5 Å². The van der Waals surface area contributed by atoms with E-state index >= 15 is 0 Å². The van der Waals surface area contributed by atoms with E-state index in [4.69, 9.17) is 23.7 Å². The standard InChI is InChI=1S/C20H25NO3.C18H19NO3/c1-12-4-5-13-10-14-20-7-6-18(2,22-3)17-19(20,15(13)16(12)24-17)8-9-21(14)11-23-20;1-10-2-3-11-8-13-18-5-4-12(20)16-17(18,14(11)15(10)22-16)6-7-19(13)9-21-18/h4-5,14,17H,6-11H2,1-3H3;2-3,13,16H,4-9H2,1H3/t14-,17+,18?,19+,20-;13-,16+,17+,18-/m11/s1. The Labute approximate surface area is 270 Å². The third-order valence-electron chi connectivity index (χ3n) is 15.0. The molecule has 0 N–H and O–H groups in total. The van der Waals surface area contributed by atoms with Crippen molar-refractivity contribution in [3.8, 4) is 11.5 Å². The first-order valence-electron chi connectivity index (χ1n) is 17.7. The fourth-order valence-electron chi connectivity index (χ4n) is 13.0. The molecule has 4 spiro atoms. The third kappa shape index (κ3) is 2.68. The van der Waals surface area contributed by atoms with Gasteiger partial charge in [0.25, 0.3) is 0 Å². The normalized spacial score (nSPS) is 48.1. The molecule has 46 heavy (non-hydrogen) atoms. The average molecular weight is 625 g/mol. The molecule has 8 nitrogen and oxygen atoms in total. The van der Waals surface area contributed by atoms with Crippen LogP contribution in [0.25, 0.3) is 0 Å². The SMILES string of the molecule is COC1(C)CC[C@]23OCN4CC[C@@]25c2c(ccc(C)c2O[C@@H]15)C[C@@H]43.Cc1ccc2c3c1O[C@H]1C(=O)CC[C@]45OCN(CC[C@]314)[C@@H]5C2. The molecule has 0 radical (unpaired) electrons. The van der Waals surface area contributed by atoms with Crippen LogP contribution < -0.4 is 9.47 Å². The molecule has 8 heteroatoms. The highest BCUT2D eigenvalue weighted by molar-refractivity contribution is 5.90. The minimum atomic E-state index is -0.320. The van der Waals surface area contributed by atoms with Crippen LogP contribution in [0.4, 0.5) is 0 Å². The van der Waals surface area contributed by atoms with Gasteiger partial charge in [-0.15, -0.1) is 0 Å². The van der Waals surface area contributed by atoms with E-state index in [1.165, 1.54) is 27.8 Å². The Balaban J connectivity index is 0.000000114. The second kappa shape index (κ2) is 8.38. The van der Waals surface area contributed by atoms with Crippen LogP contribution in [0, 0.1) is 13.8 Å². The molecule has 2 saturated carbocycles. The number of piperidine rings is 2. The summed E-state index contributed by atoms with van der Waals surface area (Å²) in [4.78, 5) is 17.8. The molecule has 242 valence electrons. The molecule has 8 bridgehead atoms. The van der Waals surface area contributed by atoms with E-state index in [2.05, 4.69) is 54.8 Å². The molecule has 0 aromatic heterocycles. The molecule has 6 heterocycles. The first kappa shape index (κ1) is 27.5. The number of hydrogen-bond acceptors (Lipinski definition) is 8. The van der Waals surface area contributed by atoms with E-state index in [1.807, 2.05) is 7.11 Å². The molecule has 3 unspecified atom stereocenters. The topological polar surface area (TPSA) is 69.7 Å². The van der Waals surface area contributed by atoms with Crippen LogP contribution in [-0.2, 0) is 42.7 Å². The van der Waals surface area contributed by atoms with Crippen molar-refractivity contribution in [2.75, 3.05) is 33.7 Å².